The van der Waals surface area contributed by atoms with Crippen LogP contribution in [0.5, 0.6) is 11.5 Å². The van der Waals surface area contributed by atoms with E-state index in [0.717, 1.165) is 11.1 Å². The molecule has 0 spiro atoms. The van der Waals surface area contributed by atoms with Crippen LogP contribution in [0.15, 0.2) is 77.9 Å². The second-order valence-electron chi connectivity index (χ2n) is 6.98. The van der Waals surface area contributed by atoms with E-state index in [0.29, 0.717) is 28.0 Å². The van der Waals surface area contributed by atoms with Crippen molar-refractivity contribution in [2.45, 2.75) is 5.75 Å². The minimum Gasteiger partial charge on any atom is -0.495 e. The lowest BCUT2D eigenvalue weighted by Crippen LogP contribution is -2.20. The zero-order valence-corrected chi connectivity index (χ0v) is 20.1. The Morgan fingerprint density at radius 1 is 1.00 bits per heavy atom. The van der Waals surface area contributed by atoms with Crippen LogP contribution in [0.4, 0.5) is 5.69 Å². The second kappa shape index (κ2) is 13.3. The summed E-state index contributed by atoms with van der Waals surface area (Å²) in [5.74, 6) is 1.53. The van der Waals surface area contributed by atoms with Gasteiger partial charge in [-0.1, -0.05) is 41.9 Å². The molecule has 0 saturated heterocycles. The highest BCUT2D eigenvalue weighted by molar-refractivity contribution is 7.99. The van der Waals surface area contributed by atoms with Gasteiger partial charge in [0, 0.05) is 10.8 Å². The third kappa shape index (κ3) is 8.13. The Morgan fingerprint density at radius 3 is 2.50 bits per heavy atom. The molecular weight excluding hydrogens is 474 g/mol. The van der Waals surface area contributed by atoms with Crippen molar-refractivity contribution in [3.63, 3.8) is 0 Å². The third-order valence-corrected chi connectivity index (χ3v) is 5.83. The minimum atomic E-state index is -0.301. The number of para-hydroxylation sites is 2. The highest BCUT2D eigenvalue weighted by atomic mass is 35.5. The number of hydrazone groups is 1. The maximum atomic E-state index is 12.1. The van der Waals surface area contributed by atoms with E-state index in [9.17, 15) is 9.59 Å². The molecule has 0 aromatic heterocycles. The van der Waals surface area contributed by atoms with Gasteiger partial charge in [-0.25, -0.2) is 5.43 Å². The van der Waals surface area contributed by atoms with Gasteiger partial charge >= 0.3 is 0 Å². The van der Waals surface area contributed by atoms with E-state index < -0.39 is 0 Å². The van der Waals surface area contributed by atoms with Crippen molar-refractivity contribution in [3.8, 4) is 11.5 Å². The van der Waals surface area contributed by atoms with E-state index in [1.165, 1.54) is 18.0 Å². The number of halogens is 1. The van der Waals surface area contributed by atoms with Crippen molar-refractivity contribution in [2.75, 3.05) is 24.8 Å². The molecule has 3 aromatic rings. The number of nitrogens with zero attached hydrogens (tertiary/aromatic N) is 1. The second-order valence-corrected chi connectivity index (χ2v) is 8.38. The monoisotopic (exact) mass is 497 g/mol. The van der Waals surface area contributed by atoms with Gasteiger partial charge < -0.3 is 14.8 Å². The normalized spacial score (nSPS) is 10.6. The van der Waals surface area contributed by atoms with Gasteiger partial charge in [0.2, 0.25) is 5.91 Å². The summed E-state index contributed by atoms with van der Waals surface area (Å²) in [6.45, 7) is -0.145. The molecule has 176 valence electrons. The number of benzene rings is 3. The van der Waals surface area contributed by atoms with Crippen molar-refractivity contribution >= 4 is 47.1 Å². The lowest BCUT2D eigenvalue weighted by Gasteiger charge is -2.10. The fourth-order valence-corrected chi connectivity index (χ4v) is 3.92. The molecule has 3 rings (SSSR count). The summed E-state index contributed by atoms with van der Waals surface area (Å²) in [5, 5.41) is 7.41. The summed E-state index contributed by atoms with van der Waals surface area (Å²) in [6, 6.07) is 21.7. The maximum Gasteiger partial charge on any atom is 0.262 e. The van der Waals surface area contributed by atoms with E-state index in [1.807, 2.05) is 30.3 Å². The third-order valence-electron chi connectivity index (χ3n) is 4.48. The Hall–Kier alpha value is -3.49. The SMILES string of the molecule is COc1ccccc1NC(=O)COc1ccc(/C=N\NC(=O)CSCc2ccccc2Cl)cc1. The first-order valence-electron chi connectivity index (χ1n) is 10.3. The van der Waals surface area contributed by atoms with Gasteiger partial charge in [-0.15, -0.1) is 11.8 Å². The number of anilines is 1. The number of rotatable bonds is 11. The number of amides is 2. The average molecular weight is 498 g/mol. The zero-order chi connectivity index (χ0) is 24.2. The smallest absolute Gasteiger partial charge is 0.262 e. The van der Waals surface area contributed by atoms with Crippen molar-refractivity contribution in [2.24, 2.45) is 5.10 Å². The van der Waals surface area contributed by atoms with E-state index in [-0.39, 0.29) is 24.2 Å². The molecule has 0 saturated carbocycles. The molecule has 0 aliphatic heterocycles. The Balaban J connectivity index is 1.38. The molecule has 2 N–H and O–H groups in total. The number of methoxy groups -OCH3 is 1. The molecule has 7 nitrogen and oxygen atoms in total. The molecule has 0 atom stereocenters. The number of hydrogen-bond donors (Lipinski definition) is 2. The molecular formula is C25H24ClN3O4S. The van der Waals surface area contributed by atoms with E-state index in [2.05, 4.69) is 15.8 Å². The van der Waals surface area contributed by atoms with Crippen LogP contribution >= 0.6 is 23.4 Å². The number of thioether (sulfide) groups is 1. The summed E-state index contributed by atoms with van der Waals surface area (Å²) in [6.07, 6.45) is 1.54. The molecule has 34 heavy (non-hydrogen) atoms. The van der Waals surface area contributed by atoms with E-state index >= 15 is 0 Å². The predicted molar refractivity (Wildman–Crippen MR) is 137 cm³/mol. The largest absolute Gasteiger partial charge is 0.495 e. The van der Waals surface area contributed by atoms with Crippen LogP contribution in [0.1, 0.15) is 11.1 Å². The Kier molecular flexibility index (Phi) is 9.81. The van der Waals surface area contributed by atoms with Crippen molar-refractivity contribution < 1.29 is 19.1 Å². The first kappa shape index (κ1) is 25.1. The molecule has 2 amide bonds. The van der Waals surface area contributed by atoms with Crippen LogP contribution < -0.4 is 20.2 Å². The van der Waals surface area contributed by atoms with Crippen molar-refractivity contribution in [1.29, 1.82) is 0 Å². The lowest BCUT2D eigenvalue weighted by atomic mass is 10.2. The predicted octanol–water partition coefficient (Wildman–Crippen LogP) is 4.75. The van der Waals surface area contributed by atoms with Gasteiger partial charge in [-0.05, 0) is 53.6 Å². The molecule has 0 heterocycles. The van der Waals surface area contributed by atoms with Gasteiger partial charge in [0.05, 0.1) is 24.8 Å². The van der Waals surface area contributed by atoms with Crippen molar-refractivity contribution in [3.05, 3.63) is 88.9 Å². The number of nitrogens with one attached hydrogen (secondary N) is 2. The van der Waals surface area contributed by atoms with Gasteiger partial charge in [0.25, 0.3) is 5.91 Å². The van der Waals surface area contributed by atoms with E-state index in [1.54, 1.807) is 49.6 Å². The van der Waals surface area contributed by atoms with Crippen LogP contribution in [-0.4, -0.2) is 37.5 Å². The molecule has 0 radical (unpaired) electrons. The van der Waals surface area contributed by atoms with Crippen LogP contribution in [0.2, 0.25) is 5.02 Å². The Morgan fingerprint density at radius 2 is 1.74 bits per heavy atom. The number of hydrogen-bond acceptors (Lipinski definition) is 6. The first-order chi connectivity index (χ1) is 16.5. The minimum absolute atomic E-state index is 0.145. The first-order valence-corrected chi connectivity index (χ1v) is 11.9. The lowest BCUT2D eigenvalue weighted by molar-refractivity contribution is -0.119. The molecule has 0 unspecified atom stereocenters. The van der Waals surface area contributed by atoms with Crippen molar-refractivity contribution in [1.82, 2.24) is 5.43 Å². The van der Waals surface area contributed by atoms with Gasteiger partial charge in [-0.2, -0.15) is 5.10 Å². The summed E-state index contributed by atoms with van der Waals surface area (Å²) in [5.41, 5.74) is 4.84. The summed E-state index contributed by atoms with van der Waals surface area (Å²) >= 11 is 7.57. The molecule has 0 bridgehead atoms. The van der Waals surface area contributed by atoms with Gasteiger partial charge in [0.15, 0.2) is 6.61 Å². The van der Waals surface area contributed by atoms with Crippen LogP contribution in [-0.2, 0) is 15.3 Å². The number of carbonyl (C=O) groups excluding carboxylic acids is 2. The van der Waals surface area contributed by atoms with Crippen LogP contribution in [0.25, 0.3) is 0 Å². The topological polar surface area (TPSA) is 89.0 Å². The van der Waals surface area contributed by atoms with Gasteiger partial charge in [0.1, 0.15) is 11.5 Å². The fraction of sp³-hybridized carbons (Fsp3) is 0.160. The Labute approximate surface area is 207 Å². The quantitative estimate of drug-likeness (QED) is 0.295. The number of carbonyl (C=O) groups is 2. The summed E-state index contributed by atoms with van der Waals surface area (Å²) in [4.78, 5) is 24.1. The molecule has 9 heteroatoms. The van der Waals surface area contributed by atoms with Crippen LogP contribution in [0.3, 0.4) is 0 Å². The Bertz CT molecular complexity index is 1140. The maximum absolute atomic E-state index is 12.1. The number of ether oxygens (including phenoxy) is 2. The summed E-state index contributed by atoms with van der Waals surface area (Å²) in [7, 11) is 1.54. The average Bonchev–Trinajstić information content (AvgIpc) is 2.85. The fourth-order valence-electron chi connectivity index (χ4n) is 2.81. The molecule has 0 fully saturated rings. The standard InChI is InChI=1S/C25H24ClN3O4S/c1-32-23-9-5-4-8-22(23)28-24(30)15-33-20-12-10-18(11-13-20)14-27-29-25(31)17-34-16-19-6-2-3-7-21(19)26/h2-14H,15-17H2,1H3,(H,28,30)(H,29,31)/b27-14-. The molecule has 0 aliphatic rings. The summed E-state index contributed by atoms with van der Waals surface area (Å²) < 4.78 is 10.7. The zero-order valence-electron chi connectivity index (χ0n) is 18.5. The van der Waals surface area contributed by atoms with Gasteiger partial charge in [-0.3, -0.25) is 9.59 Å². The van der Waals surface area contributed by atoms with E-state index in [4.69, 9.17) is 21.1 Å². The van der Waals surface area contributed by atoms with Crippen LogP contribution in [0, 0.1) is 0 Å². The highest BCUT2D eigenvalue weighted by Gasteiger charge is 2.08. The highest BCUT2D eigenvalue weighted by Crippen LogP contribution is 2.23. The molecule has 3 aromatic carbocycles. The molecule has 0 aliphatic carbocycles.